The standard InChI is InChI=1S/C15H19FN2O2/c16-11-3-1-10-2-4-13(12(10)7-11)18-14(20)17-8-15(9-19)5-6-15/h1,3,7,13,19H,2,4-6,8-9H2,(H2,17,18,20). The van der Waals surface area contributed by atoms with Crippen molar-refractivity contribution in [2.75, 3.05) is 13.2 Å². The smallest absolute Gasteiger partial charge is 0.315 e. The Morgan fingerprint density at radius 1 is 1.45 bits per heavy atom. The SMILES string of the molecule is O=C(NCC1(CO)CC1)NC1CCc2ccc(F)cc21. The molecule has 1 aromatic rings. The molecule has 2 aliphatic rings. The van der Waals surface area contributed by atoms with Gasteiger partial charge in [0.15, 0.2) is 0 Å². The maximum atomic E-state index is 13.3. The largest absolute Gasteiger partial charge is 0.396 e. The fraction of sp³-hybridized carbons (Fsp3) is 0.533. The molecule has 1 unspecified atom stereocenters. The summed E-state index contributed by atoms with van der Waals surface area (Å²) in [5, 5.41) is 14.9. The maximum absolute atomic E-state index is 13.3. The molecule has 1 atom stereocenters. The monoisotopic (exact) mass is 278 g/mol. The van der Waals surface area contributed by atoms with Crippen LogP contribution in [-0.2, 0) is 6.42 Å². The number of hydrogen-bond acceptors (Lipinski definition) is 2. The van der Waals surface area contributed by atoms with Crippen molar-refractivity contribution < 1.29 is 14.3 Å². The molecule has 2 aliphatic carbocycles. The van der Waals surface area contributed by atoms with E-state index in [0.717, 1.165) is 36.8 Å². The number of hydrogen-bond donors (Lipinski definition) is 3. The summed E-state index contributed by atoms with van der Waals surface area (Å²) in [6, 6.07) is 4.38. The zero-order valence-corrected chi connectivity index (χ0v) is 11.3. The third-order valence-electron chi connectivity index (χ3n) is 4.41. The molecule has 1 fully saturated rings. The van der Waals surface area contributed by atoms with Gasteiger partial charge in [-0.05, 0) is 48.9 Å². The van der Waals surface area contributed by atoms with Gasteiger partial charge in [-0.25, -0.2) is 9.18 Å². The minimum absolute atomic E-state index is 0.100. The Morgan fingerprint density at radius 2 is 2.25 bits per heavy atom. The predicted molar refractivity (Wildman–Crippen MR) is 72.7 cm³/mol. The number of benzene rings is 1. The molecule has 0 heterocycles. The summed E-state index contributed by atoms with van der Waals surface area (Å²) in [6.07, 6.45) is 3.58. The number of carbonyl (C=O) groups is 1. The number of rotatable bonds is 4. The molecule has 0 bridgehead atoms. The van der Waals surface area contributed by atoms with Gasteiger partial charge in [0.1, 0.15) is 5.82 Å². The van der Waals surface area contributed by atoms with Crippen molar-refractivity contribution in [1.29, 1.82) is 0 Å². The first kappa shape index (κ1) is 13.4. The number of urea groups is 1. The van der Waals surface area contributed by atoms with Crippen LogP contribution in [0.2, 0.25) is 0 Å². The number of carbonyl (C=O) groups excluding carboxylic acids is 1. The van der Waals surface area contributed by atoms with Gasteiger partial charge in [0.25, 0.3) is 0 Å². The van der Waals surface area contributed by atoms with Gasteiger partial charge in [0, 0.05) is 12.0 Å². The molecule has 4 nitrogen and oxygen atoms in total. The van der Waals surface area contributed by atoms with Crippen LogP contribution in [0.3, 0.4) is 0 Å². The van der Waals surface area contributed by atoms with Gasteiger partial charge in [-0.1, -0.05) is 6.07 Å². The van der Waals surface area contributed by atoms with Gasteiger partial charge in [0.2, 0.25) is 0 Å². The van der Waals surface area contributed by atoms with E-state index in [1.165, 1.54) is 12.1 Å². The Balaban J connectivity index is 1.57. The summed E-state index contributed by atoms with van der Waals surface area (Å²) in [4.78, 5) is 11.9. The Morgan fingerprint density at radius 3 is 2.95 bits per heavy atom. The minimum atomic E-state index is -0.268. The predicted octanol–water partition coefficient (Wildman–Crippen LogP) is 1.88. The first-order chi connectivity index (χ1) is 9.62. The van der Waals surface area contributed by atoms with Crippen LogP contribution in [0.25, 0.3) is 0 Å². The molecule has 0 aliphatic heterocycles. The summed E-state index contributed by atoms with van der Waals surface area (Å²) in [5.74, 6) is -0.268. The summed E-state index contributed by atoms with van der Waals surface area (Å²) in [5.41, 5.74) is 1.88. The lowest BCUT2D eigenvalue weighted by Gasteiger charge is -2.17. The molecule has 3 rings (SSSR count). The average molecular weight is 278 g/mol. The molecule has 0 radical (unpaired) electrons. The highest BCUT2D eigenvalue weighted by Crippen LogP contribution is 2.44. The third kappa shape index (κ3) is 2.63. The van der Waals surface area contributed by atoms with E-state index in [4.69, 9.17) is 0 Å². The van der Waals surface area contributed by atoms with Crippen LogP contribution in [0.15, 0.2) is 18.2 Å². The Bertz CT molecular complexity index is 529. The fourth-order valence-electron chi connectivity index (χ4n) is 2.77. The number of amides is 2. The van der Waals surface area contributed by atoms with Crippen molar-refractivity contribution in [3.8, 4) is 0 Å². The Labute approximate surface area is 117 Å². The summed E-state index contributed by atoms with van der Waals surface area (Å²) in [7, 11) is 0. The normalized spacial score (nSPS) is 22.2. The molecule has 5 heteroatoms. The van der Waals surface area contributed by atoms with Gasteiger partial charge < -0.3 is 15.7 Å². The summed E-state index contributed by atoms with van der Waals surface area (Å²) in [6.45, 7) is 0.614. The van der Waals surface area contributed by atoms with E-state index in [1.54, 1.807) is 6.07 Å². The van der Waals surface area contributed by atoms with Crippen LogP contribution in [0.4, 0.5) is 9.18 Å². The minimum Gasteiger partial charge on any atom is -0.396 e. The van der Waals surface area contributed by atoms with Crippen LogP contribution < -0.4 is 10.6 Å². The number of aliphatic hydroxyl groups is 1. The molecule has 0 spiro atoms. The van der Waals surface area contributed by atoms with Gasteiger partial charge in [0.05, 0.1) is 12.6 Å². The molecule has 1 aromatic carbocycles. The highest BCUT2D eigenvalue weighted by Gasteiger charge is 2.42. The van der Waals surface area contributed by atoms with Crippen molar-refractivity contribution in [2.45, 2.75) is 31.7 Å². The number of nitrogens with one attached hydrogen (secondary N) is 2. The highest BCUT2D eigenvalue weighted by molar-refractivity contribution is 5.74. The number of fused-ring (bicyclic) bond motifs is 1. The molecular weight excluding hydrogens is 259 g/mol. The quantitative estimate of drug-likeness (QED) is 0.787. The molecular formula is C15H19FN2O2. The van der Waals surface area contributed by atoms with E-state index >= 15 is 0 Å². The number of aliphatic hydroxyl groups excluding tert-OH is 1. The van der Waals surface area contributed by atoms with E-state index in [0.29, 0.717) is 6.54 Å². The van der Waals surface area contributed by atoms with Crippen LogP contribution in [0, 0.1) is 11.2 Å². The second-order valence-corrected chi connectivity index (χ2v) is 5.92. The third-order valence-corrected chi connectivity index (χ3v) is 4.41. The van der Waals surface area contributed by atoms with Crippen molar-refractivity contribution in [2.24, 2.45) is 5.41 Å². The van der Waals surface area contributed by atoms with Crippen molar-refractivity contribution in [3.05, 3.63) is 35.1 Å². The van der Waals surface area contributed by atoms with Gasteiger partial charge in [-0.3, -0.25) is 0 Å². The van der Waals surface area contributed by atoms with E-state index in [-0.39, 0.29) is 29.9 Å². The highest BCUT2D eigenvalue weighted by atomic mass is 19.1. The average Bonchev–Trinajstić information content (AvgIpc) is 3.14. The van der Waals surface area contributed by atoms with Crippen LogP contribution in [0.1, 0.15) is 36.4 Å². The van der Waals surface area contributed by atoms with Crippen molar-refractivity contribution in [1.82, 2.24) is 10.6 Å². The maximum Gasteiger partial charge on any atom is 0.315 e. The van der Waals surface area contributed by atoms with Gasteiger partial charge in [-0.15, -0.1) is 0 Å². The van der Waals surface area contributed by atoms with E-state index in [9.17, 15) is 14.3 Å². The molecule has 1 saturated carbocycles. The number of aryl methyl sites for hydroxylation is 1. The number of halogens is 1. The van der Waals surface area contributed by atoms with Crippen LogP contribution in [-0.4, -0.2) is 24.3 Å². The van der Waals surface area contributed by atoms with E-state index in [1.807, 2.05) is 0 Å². The lowest BCUT2D eigenvalue weighted by Crippen LogP contribution is -2.40. The lowest BCUT2D eigenvalue weighted by atomic mass is 10.1. The molecule has 108 valence electrons. The molecule has 20 heavy (non-hydrogen) atoms. The van der Waals surface area contributed by atoms with Crippen LogP contribution in [0.5, 0.6) is 0 Å². The molecule has 0 saturated heterocycles. The lowest BCUT2D eigenvalue weighted by molar-refractivity contribution is 0.202. The zero-order chi connectivity index (χ0) is 14.2. The second kappa shape index (κ2) is 5.05. The first-order valence-electron chi connectivity index (χ1n) is 7.05. The Kier molecular flexibility index (Phi) is 3.38. The van der Waals surface area contributed by atoms with Gasteiger partial charge >= 0.3 is 6.03 Å². The van der Waals surface area contributed by atoms with Crippen LogP contribution >= 0.6 is 0 Å². The zero-order valence-electron chi connectivity index (χ0n) is 11.3. The molecule has 3 N–H and O–H groups in total. The summed E-state index contributed by atoms with van der Waals surface area (Å²) >= 11 is 0. The van der Waals surface area contributed by atoms with E-state index in [2.05, 4.69) is 10.6 Å². The fourth-order valence-corrected chi connectivity index (χ4v) is 2.77. The molecule has 0 aromatic heterocycles. The van der Waals surface area contributed by atoms with Crippen molar-refractivity contribution >= 4 is 6.03 Å². The molecule has 2 amide bonds. The second-order valence-electron chi connectivity index (χ2n) is 5.92. The first-order valence-corrected chi connectivity index (χ1v) is 7.05. The van der Waals surface area contributed by atoms with E-state index < -0.39 is 0 Å². The Hall–Kier alpha value is -1.62. The topological polar surface area (TPSA) is 61.4 Å². The van der Waals surface area contributed by atoms with Gasteiger partial charge in [-0.2, -0.15) is 0 Å². The van der Waals surface area contributed by atoms with Crippen molar-refractivity contribution in [3.63, 3.8) is 0 Å². The summed E-state index contributed by atoms with van der Waals surface area (Å²) < 4.78 is 13.3.